The fourth-order valence-corrected chi connectivity index (χ4v) is 4.54. The number of anilines is 2. The number of furan rings is 1. The zero-order valence-electron chi connectivity index (χ0n) is 19.2. The van der Waals surface area contributed by atoms with E-state index in [1.165, 1.54) is 16.9 Å². The molecule has 0 saturated heterocycles. The van der Waals surface area contributed by atoms with Crippen LogP contribution in [-0.2, 0) is 0 Å². The first-order chi connectivity index (χ1) is 15.5. The number of para-hydroxylation sites is 2. The van der Waals surface area contributed by atoms with E-state index < -0.39 is 0 Å². The molecule has 0 aliphatic rings. The van der Waals surface area contributed by atoms with Crippen molar-refractivity contribution in [3.63, 3.8) is 0 Å². The van der Waals surface area contributed by atoms with Crippen LogP contribution in [0.1, 0.15) is 39.2 Å². The van der Waals surface area contributed by atoms with E-state index in [4.69, 9.17) is 4.42 Å². The lowest BCUT2D eigenvalue weighted by Crippen LogP contribution is -2.25. The molecule has 0 bridgehead atoms. The smallest absolute Gasteiger partial charge is 0.143 e. The molecule has 0 atom stereocenters. The SMILES string of the molecule is CC(C)c1ccc(N(c2ccc(-c3cccc4c3oc3ccccc34)cc2)C(C)C)cc1. The van der Waals surface area contributed by atoms with Crippen molar-refractivity contribution in [1.29, 1.82) is 0 Å². The molecule has 0 amide bonds. The summed E-state index contributed by atoms with van der Waals surface area (Å²) in [5.74, 6) is 0.539. The van der Waals surface area contributed by atoms with Crippen molar-refractivity contribution in [2.24, 2.45) is 0 Å². The van der Waals surface area contributed by atoms with Crippen LogP contribution in [0.3, 0.4) is 0 Å². The number of hydrogen-bond acceptors (Lipinski definition) is 2. The monoisotopic (exact) mass is 419 g/mol. The van der Waals surface area contributed by atoms with Crippen LogP contribution in [0.25, 0.3) is 33.1 Å². The molecule has 0 unspecified atom stereocenters. The van der Waals surface area contributed by atoms with Crippen LogP contribution < -0.4 is 4.90 Å². The molecule has 32 heavy (non-hydrogen) atoms. The zero-order chi connectivity index (χ0) is 22.2. The van der Waals surface area contributed by atoms with Crippen molar-refractivity contribution < 1.29 is 4.42 Å². The van der Waals surface area contributed by atoms with Gasteiger partial charge in [0.2, 0.25) is 0 Å². The predicted molar refractivity (Wildman–Crippen MR) is 137 cm³/mol. The number of nitrogens with zero attached hydrogens (tertiary/aromatic N) is 1. The third-order valence-electron chi connectivity index (χ3n) is 6.22. The molecule has 0 N–H and O–H groups in total. The van der Waals surface area contributed by atoms with Gasteiger partial charge in [-0.2, -0.15) is 0 Å². The first kappa shape index (κ1) is 20.4. The lowest BCUT2D eigenvalue weighted by atomic mass is 10.0. The van der Waals surface area contributed by atoms with Gasteiger partial charge in [-0.25, -0.2) is 0 Å². The van der Waals surface area contributed by atoms with Gasteiger partial charge in [-0.3, -0.25) is 0 Å². The van der Waals surface area contributed by atoms with Crippen molar-refractivity contribution in [3.05, 3.63) is 96.6 Å². The molecule has 2 nitrogen and oxygen atoms in total. The Bertz CT molecular complexity index is 1360. The average Bonchev–Trinajstić information content (AvgIpc) is 3.19. The Hall–Kier alpha value is -3.52. The van der Waals surface area contributed by atoms with Crippen LogP contribution >= 0.6 is 0 Å². The second kappa shape index (κ2) is 8.20. The van der Waals surface area contributed by atoms with E-state index in [9.17, 15) is 0 Å². The van der Waals surface area contributed by atoms with Crippen molar-refractivity contribution in [2.45, 2.75) is 39.7 Å². The maximum Gasteiger partial charge on any atom is 0.143 e. The number of fused-ring (bicyclic) bond motifs is 3. The van der Waals surface area contributed by atoms with Gasteiger partial charge in [0, 0.05) is 33.8 Å². The summed E-state index contributed by atoms with van der Waals surface area (Å²) in [6.45, 7) is 8.94. The van der Waals surface area contributed by atoms with Gasteiger partial charge in [-0.05, 0) is 61.2 Å². The summed E-state index contributed by atoms with van der Waals surface area (Å²) >= 11 is 0. The van der Waals surface area contributed by atoms with E-state index in [0.29, 0.717) is 12.0 Å². The molecule has 0 saturated carbocycles. The topological polar surface area (TPSA) is 16.4 Å². The molecule has 4 aromatic carbocycles. The van der Waals surface area contributed by atoms with Crippen molar-refractivity contribution in [1.82, 2.24) is 0 Å². The van der Waals surface area contributed by atoms with E-state index in [0.717, 1.165) is 33.1 Å². The van der Waals surface area contributed by atoms with E-state index in [-0.39, 0.29) is 0 Å². The van der Waals surface area contributed by atoms with E-state index in [1.807, 2.05) is 12.1 Å². The highest BCUT2D eigenvalue weighted by Crippen LogP contribution is 2.37. The number of rotatable bonds is 5. The summed E-state index contributed by atoms with van der Waals surface area (Å²) in [4.78, 5) is 2.38. The van der Waals surface area contributed by atoms with Gasteiger partial charge in [0.25, 0.3) is 0 Å². The van der Waals surface area contributed by atoms with Gasteiger partial charge in [0.05, 0.1) is 0 Å². The highest BCUT2D eigenvalue weighted by molar-refractivity contribution is 6.09. The van der Waals surface area contributed by atoms with Crippen molar-refractivity contribution in [2.75, 3.05) is 4.90 Å². The minimum absolute atomic E-state index is 0.351. The molecular weight excluding hydrogens is 390 g/mol. The lowest BCUT2D eigenvalue weighted by molar-refractivity contribution is 0.670. The fourth-order valence-electron chi connectivity index (χ4n) is 4.54. The van der Waals surface area contributed by atoms with E-state index in [1.54, 1.807) is 0 Å². The third-order valence-corrected chi connectivity index (χ3v) is 6.22. The molecule has 5 rings (SSSR count). The molecule has 1 aromatic heterocycles. The van der Waals surface area contributed by atoms with Crippen LogP contribution in [0.2, 0.25) is 0 Å². The maximum atomic E-state index is 6.24. The van der Waals surface area contributed by atoms with Gasteiger partial charge in [0.15, 0.2) is 0 Å². The van der Waals surface area contributed by atoms with Gasteiger partial charge >= 0.3 is 0 Å². The second-order valence-corrected chi connectivity index (χ2v) is 9.04. The summed E-state index contributed by atoms with van der Waals surface area (Å²) in [6.07, 6.45) is 0. The third kappa shape index (κ3) is 3.56. The minimum atomic E-state index is 0.351. The molecule has 0 radical (unpaired) electrons. The zero-order valence-corrected chi connectivity index (χ0v) is 19.2. The maximum absolute atomic E-state index is 6.24. The van der Waals surface area contributed by atoms with Gasteiger partial charge in [0.1, 0.15) is 11.2 Å². The normalized spacial score (nSPS) is 11.7. The highest BCUT2D eigenvalue weighted by Gasteiger charge is 2.15. The van der Waals surface area contributed by atoms with Crippen LogP contribution in [0.15, 0.2) is 95.4 Å². The first-order valence-electron chi connectivity index (χ1n) is 11.4. The summed E-state index contributed by atoms with van der Waals surface area (Å²) in [7, 11) is 0. The molecule has 160 valence electrons. The summed E-state index contributed by atoms with van der Waals surface area (Å²) in [5, 5.41) is 2.33. The van der Waals surface area contributed by atoms with Crippen LogP contribution in [0, 0.1) is 0 Å². The standard InChI is InChI=1S/C30H29NO/c1-20(2)22-12-16-24(17-13-22)31(21(3)4)25-18-14-23(15-19-25)26-9-7-10-28-27-8-5-6-11-29(27)32-30(26)28/h5-21H,1-4H3. The Morgan fingerprint density at radius 2 is 1.25 bits per heavy atom. The summed E-state index contributed by atoms with van der Waals surface area (Å²) < 4.78 is 6.24. The van der Waals surface area contributed by atoms with Crippen LogP contribution in [0.4, 0.5) is 11.4 Å². The van der Waals surface area contributed by atoms with Crippen LogP contribution in [0.5, 0.6) is 0 Å². The molecule has 2 heteroatoms. The first-order valence-corrected chi connectivity index (χ1v) is 11.4. The van der Waals surface area contributed by atoms with Crippen LogP contribution in [-0.4, -0.2) is 6.04 Å². The predicted octanol–water partition coefficient (Wildman–Crippen LogP) is 8.92. The quantitative estimate of drug-likeness (QED) is 0.283. The summed E-state index contributed by atoms with van der Waals surface area (Å²) in [6, 6.07) is 32.8. The Balaban J connectivity index is 1.53. The Kier molecular flexibility index (Phi) is 5.22. The highest BCUT2D eigenvalue weighted by atomic mass is 16.3. The van der Waals surface area contributed by atoms with Crippen molar-refractivity contribution in [3.8, 4) is 11.1 Å². The van der Waals surface area contributed by atoms with Gasteiger partial charge < -0.3 is 9.32 Å². The molecule has 1 heterocycles. The Morgan fingerprint density at radius 3 is 1.91 bits per heavy atom. The Morgan fingerprint density at radius 1 is 0.625 bits per heavy atom. The molecule has 0 fully saturated rings. The minimum Gasteiger partial charge on any atom is -0.455 e. The molecule has 0 spiro atoms. The van der Waals surface area contributed by atoms with E-state index >= 15 is 0 Å². The molecule has 5 aromatic rings. The molecule has 0 aliphatic carbocycles. The van der Waals surface area contributed by atoms with Gasteiger partial charge in [-0.1, -0.05) is 74.5 Å². The Labute approximate surface area is 190 Å². The summed E-state index contributed by atoms with van der Waals surface area (Å²) in [5.41, 5.74) is 7.95. The molecular formula is C30H29NO. The van der Waals surface area contributed by atoms with Crippen molar-refractivity contribution >= 4 is 33.3 Å². The fraction of sp³-hybridized carbons (Fsp3) is 0.200. The lowest BCUT2D eigenvalue weighted by Gasteiger charge is -2.29. The molecule has 0 aliphatic heterocycles. The van der Waals surface area contributed by atoms with E-state index in [2.05, 4.69) is 111 Å². The number of hydrogen-bond donors (Lipinski definition) is 0. The van der Waals surface area contributed by atoms with Gasteiger partial charge in [-0.15, -0.1) is 0 Å². The second-order valence-electron chi connectivity index (χ2n) is 9.04. The largest absolute Gasteiger partial charge is 0.455 e. The average molecular weight is 420 g/mol. The number of benzene rings is 4.